The third-order valence-corrected chi connectivity index (χ3v) is 2.78. The molecule has 0 radical (unpaired) electrons. The van der Waals surface area contributed by atoms with Crippen LogP contribution in [0, 0.1) is 5.41 Å². The minimum atomic E-state index is 0.253. The molecule has 1 heterocycles. The topological polar surface area (TPSA) is 53.7 Å². The van der Waals surface area contributed by atoms with Gasteiger partial charge < -0.3 is 19.9 Å². The van der Waals surface area contributed by atoms with Crippen LogP contribution < -0.4 is 19.9 Å². The molecule has 0 saturated heterocycles. The Morgan fingerprint density at radius 3 is 2.39 bits per heavy atom. The van der Waals surface area contributed by atoms with Gasteiger partial charge in [-0.25, -0.2) is 0 Å². The predicted octanol–water partition coefficient (Wildman–Crippen LogP) is 2.86. The normalized spacial score (nSPS) is 14.4. The van der Waals surface area contributed by atoms with Crippen molar-refractivity contribution in [1.82, 2.24) is 0 Å². The SMILES string of the molecule is CC(C)(C)CCOc1cc2c(cc1N)OCCO2. The summed E-state index contributed by atoms with van der Waals surface area (Å²) in [7, 11) is 0. The summed E-state index contributed by atoms with van der Waals surface area (Å²) < 4.78 is 16.7. The first kappa shape index (κ1) is 12.9. The summed E-state index contributed by atoms with van der Waals surface area (Å²) in [6, 6.07) is 3.58. The zero-order valence-corrected chi connectivity index (χ0v) is 11.3. The molecule has 18 heavy (non-hydrogen) atoms. The minimum Gasteiger partial charge on any atom is -0.491 e. The lowest BCUT2D eigenvalue weighted by Crippen LogP contribution is -2.16. The molecule has 0 aliphatic carbocycles. The van der Waals surface area contributed by atoms with Crippen molar-refractivity contribution in [1.29, 1.82) is 0 Å². The highest BCUT2D eigenvalue weighted by molar-refractivity contribution is 5.62. The molecular formula is C14H21NO3. The van der Waals surface area contributed by atoms with Crippen LogP contribution in [0.15, 0.2) is 12.1 Å². The lowest BCUT2D eigenvalue weighted by Gasteiger charge is -2.21. The number of hydrogen-bond donors (Lipinski definition) is 1. The number of rotatable bonds is 3. The first-order valence-electron chi connectivity index (χ1n) is 6.28. The second-order valence-electron chi connectivity index (χ2n) is 5.69. The van der Waals surface area contributed by atoms with E-state index in [1.807, 2.05) is 6.07 Å². The van der Waals surface area contributed by atoms with Gasteiger partial charge in [-0.3, -0.25) is 0 Å². The Labute approximate surface area is 108 Å². The van der Waals surface area contributed by atoms with Gasteiger partial charge in [-0.2, -0.15) is 0 Å². The highest BCUT2D eigenvalue weighted by Gasteiger charge is 2.16. The van der Waals surface area contributed by atoms with Gasteiger partial charge >= 0.3 is 0 Å². The van der Waals surface area contributed by atoms with E-state index in [2.05, 4.69) is 20.8 Å². The van der Waals surface area contributed by atoms with Gasteiger partial charge in [-0.05, 0) is 11.8 Å². The molecule has 1 aliphatic rings. The minimum absolute atomic E-state index is 0.253. The van der Waals surface area contributed by atoms with Crippen molar-refractivity contribution in [2.75, 3.05) is 25.6 Å². The number of hydrogen-bond acceptors (Lipinski definition) is 4. The van der Waals surface area contributed by atoms with E-state index in [0.29, 0.717) is 42.8 Å². The molecule has 4 nitrogen and oxygen atoms in total. The molecule has 2 rings (SSSR count). The summed E-state index contributed by atoms with van der Waals surface area (Å²) in [4.78, 5) is 0. The van der Waals surface area contributed by atoms with Crippen LogP contribution in [0.2, 0.25) is 0 Å². The molecule has 0 bridgehead atoms. The average molecular weight is 251 g/mol. The van der Waals surface area contributed by atoms with Crippen molar-refractivity contribution in [3.8, 4) is 17.2 Å². The molecule has 0 fully saturated rings. The van der Waals surface area contributed by atoms with Crippen LogP contribution >= 0.6 is 0 Å². The number of ether oxygens (including phenoxy) is 3. The van der Waals surface area contributed by atoms with Gasteiger partial charge in [-0.15, -0.1) is 0 Å². The van der Waals surface area contributed by atoms with Crippen LogP contribution in [0.3, 0.4) is 0 Å². The molecule has 1 aromatic rings. The van der Waals surface area contributed by atoms with Gasteiger partial charge in [0.05, 0.1) is 12.3 Å². The smallest absolute Gasteiger partial charge is 0.165 e. The van der Waals surface area contributed by atoms with E-state index < -0.39 is 0 Å². The molecular weight excluding hydrogens is 230 g/mol. The molecule has 1 aliphatic heterocycles. The first-order valence-corrected chi connectivity index (χ1v) is 6.28. The summed E-state index contributed by atoms with van der Waals surface area (Å²) in [5, 5.41) is 0. The Hall–Kier alpha value is -1.58. The molecule has 0 atom stereocenters. The van der Waals surface area contributed by atoms with Crippen molar-refractivity contribution in [2.45, 2.75) is 27.2 Å². The Balaban J connectivity index is 2.04. The van der Waals surface area contributed by atoms with Crippen LogP contribution in [0.4, 0.5) is 5.69 Å². The van der Waals surface area contributed by atoms with E-state index in [9.17, 15) is 0 Å². The van der Waals surface area contributed by atoms with Crippen LogP contribution in [0.25, 0.3) is 0 Å². The van der Waals surface area contributed by atoms with E-state index in [-0.39, 0.29) is 5.41 Å². The molecule has 0 aromatic heterocycles. The van der Waals surface area contributed by atoms with Gasteiger partial charge in [0.15, 0.2) is 11.5 Å². The lowest BCUT2D eigenvalue weighted by molar-refractivity contribution is 0.170. The van der Waals surface area contributed by atoms with Gasteiger partial charge in [0.25, 0.3) is 0 Å². The van der Waals surface area contributed by atoms with Crippen LogP contribution in [-0.4, -0.2) is 19.8 Å². The van der Waals surface area contributed by atoms with E-state index in [4.69, 9.17) is 19.9 Å². The highest BCUT2D eigenvalue weighted by atomic mass is 16.6. The second-order valence-corrected chi connectivity index (χ2v) is 5.69. The fourth-order valence-electron chi connectivity index (χ4n) is 1.68. The van der Waals surface area contributed by atoms with Crippen molar-refractivity contribution >= 4 is 5.69 Å². The number of fused-ring (bicyclic) bond motifs is 1. The highest BCUT2D eigenvalue weighted by Crippen LogP contribution is 2.38. The molecule has 0 saturated carbocycles. The zero-order valence-electron chi connectivity index (χ0n) is 11.3. The summed E-state index contributed by atoms with van der Waals surface area (Å²) in [5.74, 6) is 2.08. The Morgan fingerprint density at radius 1 is 1.17 bits per heavy atom. The number of nitrogens with two attached hydrogens (primary N) is 1. The summed E-state index contributed by atoms with van der Waals surface area (Å²) in [5.41, 5.74) is 6.78. The molecule has 1 aromatic carbocycles. The molecule has 4 heteroatoms. The molecule has 0 amide bonds. The Bertz CT molecular complexity index is 424. The maximum Gasteiger partial charge on any atom is 0.165 e. The second kappa shape index (κ2) is 4.96. The lowest BCUT2D eigenvalue weighted by atomic mass is 9.93. The monoisotopic (exact) mass is 251 g/mol. The molecule has 100 valence electrons. The maximum absolute atomic E-state index is 5.93. The van der Waals surface area contributed by atoms with Crippen LogP contribution in [-0.2, 0) is 0 Å². The third kappa shape index (κ3) is 3.22. The standard InChI is InChI=1S/C14H21NO3/c1-14(2,3)4-5-16-11-9-13-12(8-10(11)15)17-6-7-18-13/h8-9H,4-7,15H2,1-3H3. The predicted molar refractivity (Wildman–Crippen MR) is 71.4 cm³/mol. The van der Waals surface area contributed by atoms with Crippen LogP contribution in [0.5, 0.6) is 17.2 Å². The average Bonchev–Trinajstić information content (AvgIpc) is 2.28. The van der Waals surface area contributed by atoms with Crippen molar-refractivity contribution in [3.05, 3.63) is 12.1 Å². The molecule has 0 spiro atoms. The quantitative estimate of drug-likeness (QED) is 0.839. The first-order chi connectivity index (χ1) is 8.46. The van der Waals surface area contributed by atoms with E-state index >= 15 is 0 Å². The largest absolute Gasteiger partial charge is 0.491 e. The summed E-state index contributed by atoms with van der Waals surface area (Å²) in [6.07, 6.45) is 0.973. The Morgan fingerprint density at radius 2 is 1.78 bits per heavy atom. The molecule has 0 unspecified atom stereocenters. The van der Waals surface area contributed by atoms with Gasteiger partial charge in [0, 0.05) is 12.1 Å². The van der Waals surface area contributed by atoms with E-state index in [1.165, 1.54) is 0 Å². The zero-order chi connectivity index (χ0) is 13.2. The van der Waals surface area contributed by atoms with Gasteiger partial charge in [-0.1, -0.05) is 20.8 Å². The number of benzene rings is 1. The third-order valence-electron chi connectivity index (χ3n) is 2.78. The Kier molecular flexibility index (Phi) is 3.55. The van der Waals surface area contributed by atoms with Crippen molar-refractivity contribution in [2.24, 2.45) is 5.41 Å². The number of nitrogen functional groups attached to an aromatic ring is 1. The molecule has 2 N–H and O–H groups in total. The van der Waals surface area contributed by atoms with Crippen molar-refractivity contribution < 1.29 is 14.2 Å². The number of anilines is 1. The van der Waals surface area contributed by atoms with Crippen molar-refractivity contribution in [3.63, 3.8) is 0 Å². The van der Waals surface area contributed by atoms with Gasteiger partial charge in [0.2, 0.25) is 0 Å². The maximum atomic E-state index is 5.93. The summed E-state index contributed by atoms with van der Waals surface area (Å²) in [6.45, 7) is 8.33. The van der Waals surface area contributed by atoms with E-state index in [0.717, 1.165) is 6.42 Å². The van der Waals surface area contributed by atoms with E-state index in [1.54, 1.807) is 6.07 Å². The fraction of sp³-hybridized carbons (Fsp3) is 0.571. The van der Waals surface area contributed by atoms with Gasteiger partial charge in [0.1, 0.15) is 19.0 Å². The fourth-order valence-corrected chi connectivity index (χ4v) is 1.68. The van der Waals surface area contributed by atoms with Crippen LogP contribution in [0.1, 0.15) is 27.2 Å². The summed E-state index contributed by atoms with van der Waals surface area (Å²) >= 11 is 0.